The zero-order valence-electron chi connectivity index (χ0n) is 5.12. The molecule has 0 saturated carbocycles. The van der Waals surface area contributed by atoms with E-state index in [-0.39, 0.29) is 14.1 Å². The maximum absolute atomic E-state index is 10.2. The van der Waals surface area contributed by atoms with Crippen molar-refractivity contribution in [2.24, 2.45) is 0 Å². The summed E-state index contributed by atoms with van der Waals surface area (Å²) in [5.41, 5.74) is 0. The van der Waals surface area contributed by atoms with Crippen LogP contribution >= 0.6 is 0 Å². The zero-order valence-corrected chi connectivity index (χ0v) is 5.12. The summed E-state index contributed by atoms with van der Waals surface area (Å²) in [6.07, 6.45) is 0.572. The Balaban J connectivity index is 3.06. The van der Waals surface area contributed by atoms with Gasteiger partial charge in [0.1, 0.15) is 12.8 Å². The number of hydrogen-bond donors (Lipinski definition) is 0. The van der Waals surface area contributed by atoms with E-state index in [0.717, 1.165) is 0 Å². The topological polar surface area (TPSA) is 52.6 Å². The first-order valence-corrected chi connectivity index (χ1v) is 2.39. The average Bonchev–Trinajstić information content (AvgIpc) is 1.89. The maximum atomic E-state index is 10.2. The molecule has 0 spiro atoms. The van der Waals surface area contributed by atoms with Crippen LogP contribution in [0.3, 0.4) is 0 Å². The summed E-state index contributed by atoms with van der Waals surface area (Å²) < 4.78 is 8.71. The van der Waals surface area contributed by atoms with E-state index in [0.29, 0.717) is 6.19 Å². The van der Waals surface area contributed by atoms with Crippen LogP contribution in [-0.4, -0.2) is 33.4 Å². The highest BCUT2D eigenvalue weighted by atomic mass is 16.5. The number of carbonyl (C=O) groups is 2. The number of esters is 1. The van der Waals surface area contributed by atoms with Gasteiger partial charge in [-0.25, -0.2) is 4.79 Å². The lowest BCUT2D eigenvalue weighted by Crippen LogP contribution is -2.12. The molecule has 4 nitrogen and oxygen atoms in total. The van der Waals surface area contributed by atoms with Crippen LogP contribution in [0.1, 0.15) is 0 Å². The Bertz CT molecular complexity index is 103. The van der Waals surface area contributed by atoms with Crippen molar-refractivity contribution in [2.75, 3.05) is 13.7 Å². The minimum Gasteiger partial charge on any atom is -0.467 e. The molecule has 0 aliphatic rings. The van der Waals surface area contributed by atoms with Crippen LogP contribution in [0.5, 0.6) is 0 Å². The van der Waals surface area contributed by atoms with Crippen molar-refractivity contribution in [1.29, 1.82) is 0 Å². The summed E-state index contributed by atoms with van der Waals surface area (Å²) in [6.45, 7) is -0.157. The lowest BCUT2D eigenvalue weighted by atomic mass is 10.1. The first kappa shape index (κ1) is 8.16. The Hall–Kier alpha value is -0.835. The molecule has 0 aromatic rings. The second kappa shape index (κ2) is 5.30. The fraction of sp³-hybridized carbons (Fsp3) is 0.500. The van der Waals surface area contributed by atoms with Crippen LogP contribution in [0.15, 0.2) is 0 Å². The minimum atomic E-state index is -0.475. The minimum absolute atomic E-state index is 0.0604. The van der Waals surface area contributed by atoms with Crippen molar-refractivity contribution in [2.45, 2.75) is 0 Å². The third-order valence-corrected chi connectivity index (χ3v) is 0.633. The largest absolute Gasteiger partial charge is 0.467 e. The van der Waals surface area contributed by atoms with Crippen LogP contribution < -0.4 is 0 Å². The van der Waals surface area contributed by atoms with Gasteiger partial charge < -0.3 is 14.2 Å². The summed E-state index contributed by atoms with van der Waals surface area (Å²) in [4.78, 5) is 19.8. The van der Waals surface area contributed by atoms with E-state index < -0.39 is 5.97 Å². The summed E-state index contributed by atoms with van der Waals surface area (Å²) in [5, 5.41) is 0. The molecule has 0 bridgehead atoms. The van der Waals surface area contributed by atoms with E-state index in [2.05, 4.69) is 9.39 Å². The van der Waals surface area contributed by atoms with Crippen molar-refractivity contribution in [3.8, 4) is 0 Å². The molecule has 0 aliphatic heterocycles. The van der Waals surface area contributed by atoms with Gasteiger partial charge >= 0.3 is 13.5 Å². The highest BCUT2D eigenvalue weighted by Gasteiger charge is 1.97. The molecule has 0 radical (unpaired) electrons. The van der Waals surface area contributed by atoms with Crippen molar-refractivity contribution in [3.63, 3.8) is 0 Å². The molecular weight excluding hydrogens is 123 g/mol. The molecule has 0 unspecified atom stereocenters. The van der Waals surface area contributed by atoms with Crippen molar-refractivity contribution < 1.29 is 19.0 Å². The van der Waals surface area contributed by atoms with E-state index in [1.165, 1.54) is 7.11 Å². The van der Waals surface area contributed by atoms with E-state index >= 15 is 0 Å². The van der Waals surface area contributed by atoms with Crippen LogP contribution in [0.2, 0.25) is 0 Å². The number of ether oxygens (including phenoxy) is 1. The van der Waals surface area contributed by atoms with Crippen molar-refractivity contribution in [1.82, 2.24) is 0 Å². The summed E-state index contributed by atoms with van der Waals surface area (Å²) in [6, 6.07) is 0. The van der Waals surface area contributed by atoms with Gasteiger partial charge in [0, 0.05) is 0 Å². The van der Waals surface area contributed by atoms with Crippen LogP contribution in [-0.2, 0) is 19.0 Å². The van der Waals surface area contributed by atoms with E-state index in [1.807, 2.05) is 0 Å². The van der Waals surface area contributed by atoms with Gasteiger partial charge in [-0.3, -0.25) is 0 Å². The molecule has 0 rings (SSSR count). The average molecular weight is 130 g/mol. The number of hydrogen-bond acceptors (Lipinski definition) is 4. The molecule has 0 atom stereocenters. The van der Waals surface area contributed by atoms with Gasteiger partial charge in [-0.2, -0.15) is 0 Å². The molecule has 0 heterocycles. The Morgan fingerprint density at radius 3 is 2.89 bits per heavy atom. The Morgan fingerprint density at radius 2 is 2.44 bits per heavy atom. The second-order valence-corrected chi connectivity index (χ2v) is 1.26. The highest BCUT2D eigenvalue weighted by molar-refractivity contribution is 6.61. The van der Waals surface area contributed by atoms with Gasteiger partial charge in [0.2, 0.25) is 0 Å². The van der Waals surface area contributed by atoms with Crippen molar-refractivity contribution >= 4 is 19.6 Å². The molecule has 0 saturated heterocycles. The lowest BCUT2D eigenvalue weighted by molar-refractivity contribution is -0.142. The molecule has 0 aromatic heterocycles. The lowest BCUT2D eigenvalue weighted by Gasteiger charge is -1.95. The monoisotopic (exact) mass is 130 g/mol. The number of methoxy groups -OCH3 is 1. The fourth-order valence-corrected chi connectivity index (χ4v) is 0.249. The summed E-state index contributed by atoms with van der Waals surface area (Å²) in [5.74, 6) is -0.475. The van der Waals surface area contributed by atoms with E-state index in [9.17, 15) is 9.59 Å². The molecule has 0 aliphatic carbocycles. The number of rotatable bonds is 4. The van der Waals surface area contributed by atoms with Gasteiger partial charge in [-0.15, -0.1) is 0 Å². The molecule has 0 aromatic carbocycles. The van der Waals surface area contributed by atoms with Crippen molar-refractivity contribution in [3.05, 3.63) is 0 Å². The fourth-order valence-electron chi connectivity index (χ4n) is 0.249. The first-order chi connectivity index (χ1) is 4.31. The Labute approximate surface area is 53.4 Å². The number of carbonyl (C=O) groups excluding carboxylic acids is 2. The Kier molecular flexibility index (Phi) is 4.81. The maximum Gasteiger partial charge on any atom is 0.347 e. The Morgan fingerprint density at radius 1 is 1.78 bits per heavy atom. The van der Waals surface area contributed by atoms with Gasteiger partial charge in [0.25, 0.3) is 0 Å². The highest BCUT2D eigenvalue weighted by Crippen LogP contribution is 1.73. The smallest absolute Gasteiger partial charge is 0.347 e. The van der Waals surface area contributed by atoms with Gasteiger partial charge in [-0.05, 0) is 0 Å². The molecule has 5 heteroatoms. The van der Waals surface area contributed by atoms with Crippen LogP contribution in [0.4, 0.5) is 0 Å². The normalized spacial score (nSPS) is 8.11. The molecule has 0 fully saturated rings. The summed E-state index contributed by atoms with van der Waals surface area (Å²) in [7, 11) is 1.20. The van der Waals surface area contributed by atoms with Gasteiger partial charge in [0.15, 0.2) is 0 Å². The van der Waals surface area contributed by atoms with E-state index in [1.54, 1.807) is 0 Å². The molecule has 0 amide bonds. The van der Waals surface area contributed by atoms with Crippen LogP contribution in [0.25, 0.3) is 0 Å². The van der Waals surface area contributed by atoms with Gasteiger partial charge in [0.05, 0.1) is 7.11 Å². The molecule has 0 N–H and O–H groups in total. The van der Waals surface area contributed by atoms with Gasteiger partial charge in [-0.1, -0.05) is 0 Å². The predicted octanol–water partition coefficient (Wildman–Crippen LogP) is -1.28. The SMILES string of the molecule is COC(=O)COBC=O. The van der Waals surface area contributed by atoms with E-state index in [4.69, 9.17) is 0 Å². The third kappa shape index (κ3) is 5.03. The molecular formula is C4H7BO4. The predicted molar refractivity (Wildman–Crippen MR) is 31.9 cm³/mol. The third-order valence-electron chi connectivity index (χ3n) is 0.633. The molecule has 50 valence electrons. The molecule has 9 heavy (non-hydrogen) atoms. The second-order valence-electron chi connectivity index (χ2n) is 1.26. The zero-order chi connectivity index (χ0) is 7.11. The standard InChI is InChI=1S/C4H7BO4/c1-8-4(7)2-9-5-3-6/h3,5H,2H2,1H3. The summed E-state index contributed by atoms with van der Waals surface area (Å²) >= 11 is 0. The van der Waals surface area contributed by atoms with Crippen LogP contribution in [0, 0.1) is 0 Å². The quantitative estimate of drug-likeness (QED) is 0.206. The first-order valence-electron chi connectivity index (χ1n) is 2.39.